The van der Waals surface area contributed by atoms with E-state index < -0.39 is 0 Å². The highest BCUT2D eigenvalue weighted by molar-refractivity contribution is 5.73. The summed E-state index contributed by atoms with van der Waals surface area (Å²) in [6.45, 7) is 2.44. The molecular formula is C22H28N2O4. The zero-order valence-corrected chi connectivity index (χ0v) is 16.3. The van der Waals surface area contributed by atoms with Crippen molar-refractivity contribution in [3.63, 3.8) is 0 Å². The maximum atomic E-state index is 11.9. The third kappa shape index (κ3) is 5.81. The van der Waals surface area contributed by atoms with E-state index in [1.54, 1.807) is 7.11 Å². The molecule has 0 saturated carbocycles. The van der Waals surface area contributed by atoms with Gasteiger partial charge in [-0.15, -0.1) is 0 Å². The predicted molar refractivity (Wildman–Crippen MR) is 108 cm³/mol. The lowest BCUT2D eigenvalue weighted by Crippen LogP contribution is -2.37. The lowest BCUT2D eigenvalue weighted by atomic mass is 10.1. The van der Waals surface area contributed by atoms with E-state index in [2.05, 4.69) is 16.7 Å². The number of aryl methyl sites for hydroxylation is 1. The summed E-state index contributed by atoms with van der Waals surface area (Å²) < 4.78 is 16.5. The topological polar surface area (TPSA) is 68.8 Å². The van der Waals surface area contributed by atoms with Gasteiger partial charge in [0.25, 0.3) is 0 Å². The number of benzene rings is 2. The molecule has 0 unspecified atom stereocenters. The highest BCUT2D eigenvalue weighted by Crippen LogP contribution is 2.31. The summed E-state index contributed by atoms with van der Waals surface area (Å²) in [6, 6.07) is 13.8. The van der Waals surface area contributed by atoms with Gasteiger partial charge in [0.15, 0.2) is 11.5 Å². The molecule has 2 aromatic rings. The van der Waals surface area contributed by atoms with Crippen LogP contribution < -0.4 is 24.8 Å². The van der Waals surface area contributed by atoms with Crippen LogP contribution in [0.4, 0.5) is 4.79 Å². The number of carbonyl (C=O) groups excluding carboxylic acids is 1. The lowest BCUT2D eigenvalue weighted by Gasteiger charge is -2.18. The number of methoxy groups -OCH3 is 1. The monoisotopic (exact) mass is 384 g/mol. The molecule has 0 aromatic heterocycles. The second-order valence-electron chi connectivity index (χ2n) is 6.68. The molecule has 0 saturated heterocycles. The van der Waals surface area contributed by atoms with Gasteiger partial charge in [-0.05, 0) is 55.0 Å². The van der Waals surface area contributed by atoms with Gasteiger partial charge in [-0.3, -0.25) is 0 Å². The van der Waals surface area contributed by atoms with Crippen LogP contribution in [0.2, 0.25) is 0 Å². The first-order valence-electron chi connectivity index (χ1n) is 9.78. The second-order valence-corrected chi connectivity index (χ2v) is 6.68. The van der Waals surface area contributed by atoms with E-state index in [-0.39, 0.29) is 6.03 Å². The van der Waals surface area contributed by atoms with Crippen LogP contribution in [0.3, 0.4) is 0 Å². The van der Waals surface area contributed by atoms with Crippen molar-refractivity contribution in [1.29, 1.82) is 0 Å². The Balaban J connectivity index is 1.28. The van der Waals surface area contributed by atoms with Crippen LogP contribution in [0.1, 0.15) is 24.0 Å². The van der Waals surface area contributed by atoms with Crippen molar-refractivity contribution in [3.05, 3.63) is 53.6 Å². The Bertz CT molecular complexity index is 779. The van der Waals surface area contributed by atoms with Crippen LogP contribution in [-0.4, -0.2) is 39.4 Å². The number of hydrogen-bond donors (Lipinski definition) is 2. The van der Waals surface area contributed by atoms with Gasteiger partial charge in [-0.1, -0.05) is 24.3 Å². The van der Waals surface area contributed by atoms with E-state index in [0.29, 0.717) is 26.3 Å². The Labute approximate surface area is 166 Å². The first-order valence-corrected chi connectivity index (χ1v) is 9.78. The Morgan fingerprint density at radius 2 is 1.75 bits per heavy atom. The summed E-state index contributed by atoms with van der Waals surface area (Å²) in [4.78, 5) is 11.9. The number of carbonyl (C=O) groups is 1. The van der Waals surface area contributed by atoms with Crippen LogP contribution in [0, 0.1) is 0 Å². The van der Waals surface area contributed by atoms with Gasteiger partial charge in [0.1, 0.15) is 19.0 Å². The van der Waals surface area contributed by atoms with Crippen LogP contribution in [0.25, 0.3) is 0 Å². The number of rotatable bonds is 9. The molecule has 1 aliphatic rings. The van der Waals surface area contributed by atoms with Crippen LogP contribution in [0.5, 0.6) is 17.2 Å². The van der Waals surface area contributed by atoms with Gasteiger partial charge in [0.05, 0.1) is 7.11 Å². The van der Waals surface area contributed by atoms with Gasteiger partial charge < -0.3 is 24.8 Å². The van der Waals surface area contributed by atoms with Crippen molar-refractivity contribution < 1.29 is 19.0 Å². The molecule has 1 heterocycles. The normalized spacial score (nSPS) is 12.3. The summed E-state index contributed by atoms with van der Waals surface area (Å²) >= 11 is 0. The summed E-state index contributed by atoms with van der Waals surface area (Å²) in [6.07, 6.45) is 3.62. The summed E-state index contributed by atoms with van der Waals surface area (Å²) in [5.74, 6) is 2.50. The molecule has 2 N–H and O–H groups in total. The number of para-hydroxylation sites is 1. The van der Waals surface area contributed by atoms with E-state index in [9.17, 15) is 4.79 Å². The van der Waals surface area contributed by atoms with Crippen molar-refractivity contribution in [2.24, 2.45) is 0 Å². The van der Waals surface area contributed by atoms with Crippen molar-refractivity contribution in [2.45, 2.75) is 25.7 Å². The van der Waals surface area contributed by atoms with Gasteiger partial charge >= 0.3 is 6.03 Å². The second kappa shape index (κ2) is 10.4. The molecule has 6 nitrogen and oxygen atoms in total. The number of unbranched alkanes of at least 4 members (excludes halogenated alkanes) is 1. The minimum Gasteiger partial charge on any atom is -0.496 e. The SMILES string of the molecule is COc1ccccc1CCNC(=O)NCCCCc1ccc2c(c1)OCCO2. The van der Waals surface area contributed by atoms with E-state index in [4.69, 9.17) is 14.2 Å². The highest BCUT2D eigenvalue weighted by atomic mass is 16.6. The molecule has 0 spiro atoms. The number of fused-ring (bicyclic) bond motifs is 1. The fraction of sp³-hybridized carbons (Fsp3) is 0.409. The minimum atomic E-state index is -0.130. The van der Waals surface area contributed by atoms with E-state index >= 15 is 0 Å². The van der Waals surface area contributed by atoms with Crippen molar-refractivity contribution >= 4 is 6.03 Å². The summed E-state index contributed by atoms with van der Waals surface area (Å²) in [7, 11) is 1.66. The average Bonchev–Trinajstić information content (AvgIpc) is 2.73. The molecule has 3 rings (SSSR count). The average molecular weight is 384 g/mol. The van der Waals surface area contributed by atoms with Gasteiger partial charge in [-0.25, -0.2) is 4.79 Å². The van der Waals surface area contributed by atoms with E-state index in [1.165, 1.54) is 5.56 Å². The number of hydrogen-bond acceptors (Lipinski definition) is 4. The lowest BCUT2D eigenvalue weighted by molar-refractivity contribution is 0.171. The molecule has 0 atom stereocenters. The Morgan fingerprint density at radius 3 is 2.61 bits per heavy atom. The first-order chi connectivity index (χ1) is 13.8. The molecule has 6 heteroatoms. The molecule has 28 heavy (non-hydrogen) atoms. The predicted octanol–water partition coefficient (Wildman–Crippen LogP) is 3.33. The zero-order chi connectivity index (χ0) is 19.6. The quantitative estimate of drug-likeness (QED) is 0.651. The van der Waals surface area contributed by atoms with Crippen LogP contribution >= 0.6 is 0 Å². The largest absolute Gasteiger partial charge is 0.496 e. The van der Waals surface area contributed by atoms with Crippen LogP contribution in [0.15, 0.2) is 42.5 Å². The third-order valence-corrected chi connectivity index (χ3v) is 4.66. The molecule has 0 aliphatic carbocycles. The smallest absolute Gasteiger partial charge is 0.314 e. The van der Waals surface area contributed by atoms with Gasteiger partial charge in [0, 0.05) is 13.1 Å². The third-order valence-electron chi connectivity index (χ3n) is 4.66. The zero-order valence-electron chi connectivity index (χ0n) is 16.3. The molecule has 0 bridgehead atoms. The van der Waals surface area contributed by atoms with Crippen LogP contribution in [-0.2, 0) is 12.8 Å². The fourth-order valence-electron chi connectivity index (χ4n) is 3.18. The minimum absolute atomic E-state index is 0.130. The van der Waals surface area contributed by atoms with Crippen molar-refractivity contribution in [2.75, 3.05) is 33.4 Å². The number of urea groups is 1. The van der Waals surface area contributed by atoms with Crippen molar-refractivity contribution in [3.8, 4) is 17.2 Å². The van der Waals surface area contributed by atoms with E-state index in [1.807, 2.05) is 36.4 Å². The Hall–Kier alpha value is -2.89. The maximum Gasteiger partial charge on any atom is 0.314 e. The molecule has 2 amide bonds. The van der Waals surface area contributed by atoms with Gasteiger partial charge in [0.2, 0.25) is 0 Å². The van der Waals surface area contributed by atoms with Crippen molar-refractivity contribution in [1.82, 2.24) is 10.6 Å². The highest BCUT2D eigenvalue weighted by Gasteiger charge is 2.11. The maximum absolute atomic E-state index is 11.9. The molecule has 0 radical (unpaired) electrons. The number of nitrogens with one attached hydrogen (secondary N) is 2. The Kier molecular flexibility index (Phi) is 7.41. The molecular weight excluding hydrogens is 356 g/mol. The fourth-order valence-corrected chi connectivity index (χ4v) is 3.18. The van der Waals surface area contributed by atoms with E-state index in [0.717, 1.165) is 48.5 Å². The molecule has 150 valence electrons. The molecule has 0 fully saturated rings. The number of ether oxygens (including phenoxy) is 3. The standard InChI is InChI=1S/C22H28N2O4/c1-26-19-8-3-2-7-18(19)11-13-24-22(25)23-12-5-4-6-17-9-10-20-21(16-17)28-15-14-27-20/h2-3,7-10,16H,4-6,11-15H2,1H3,(H2,23,24,25). The summed E-state index contributed by atoms with van der Waals surface area (Å²) in [5.41, 5.74) is 2.32. The van der Waals surface area contributed by atoms with Gasteiger partial charge in [-0.2, -0.15) is 0 Å². The first kappa shape index (κ1) is 19.9. The molecule has 2 aromatic carbocycles. The Morgan fingerprint density at radius 1 is 0.964 bits per heavy atom. The molecule has 1 aliphatic heterocycles. The summed E-state index contributed by atoms with van der Waals surface area (Å²) in [5, 5.41) is 5.80. The number of amides is 2.